The molecule has 1 atom stereocenters. The standard InChI is InChI=1S/C32H45N3O5/c1-22(2)35-20-24-17-23(9-13-28(24)39-16-8-6-7-15-33-31(37)21-35)10-14-30(36)34-27-19-32(3,4)40-29-18-25(38-5)11-12-26(27)29/h9,11-13,17-18,22,27H,6-8,10,14-16,19-21H2,1-5H3,(H,33,37)(H,34,36). The molecule has 2 heterocycles. The average Bonchev–Trinajstić information content (AvgIpc) is 2.91. The lowest BCUT2D eigenvalue weighted by Gasteiger charge is -2.38. The molecule has 2 aromatic carbocycles. The Morgan fingerprint density at radius 1 is 1.12 bits per heavy atom. The molecule has 2 N–H and O–H groups in total. The van der Waals surface area contributed by atoms with Gasteiger partial charge in [0.2, 0.25) is 11.8 Å². The fourth-order valence-corrected chi connectivity index (χ4v) is 5.36. The predicted molar refractivity (Wildman–Crippen MR) is 156 cm³/mol. The van der Waals surface area contributed by atoms with Crippen molar-refractivity contribution in [1.82, 2.24) is 15.5 Å². The van der Waals surface area contributed by atoms with Crippen LogP contribution in [0.4, 0.5) is 0 Å². The smallest absolute Gasteiger partial charge is 0.234 e. The molecule has 0 fully saturated rings. The van der Waals surface area contributed by atoms with E-state index in [1.165, 1.54) is 0 Å². The second-order valence-corrected chi connectivity index (χ2v) is 11.8. The summed E-state index contributed by atoms with van der Waals surface area (Å²) in [5, 5.41) is 6.29. The number of aryl methyl sites for hydroxylation is 1. The molecule has 0 radical (unpaired) electrons. The summed E-state index contributed by atoms with van der Waals surface area (Å²) >= 11 is 0. The van der Waals surface area contributed by atoms with E-state index >= 15 is 0 Å². The third-order valence-electron chi connectivity index (χ3n) is 7.63. The van der Waals surface area contributed by atoms with Crippen LogP contribution in [0.25, 0.3) is 0 Å². The van der Waals surface area contributed by atoms with Crippen LogP contribution < -0.4 is 24.8 Å². The molecule has 0 aromatic heterocycles. The largest absolute Gasteiger partial charge is 0.497 e. The van der Waals surface area contributed by atoms with Gasteiger partial charge in [0.1, 0.15) is 22.8 Å². The van der Waals surface area contributed by atoms with Crippen molar-refractivity contribution in [2.45, 2.75) is 90.4 Å². The topological polar surface area (TPSA) is 89.1 Å². The van der Waals surface area contributed by atoms with Crippen LogP contribution in [0.1, 0.15) is 82.5 Å². The van der Waals surface area contributed by atoms with E-state index in [-0.39, 0.29) is 23.9 Å². The summed E-state index contributed by atoms with van der Waals surface area (Å²) in [5.74, 6) is 2.40. The number of carbonyl (C=O) groups is 2. The lowest BCUT2D eigenvalue weighted by atomic mass is 9.89. The highest BCUT2D eigenvalue weighted by molar-refractivity contribution is 5.78. The van der Waals surface area contributed by atoms with Gasteiger partial charge in [-0.15, -0.1) is 0 Å². The van der Waals surface area contributed by atoms with E-state index < -0.39 is 5.60 Å². The number of ether oxygens (including phenoxy) is 3. The monoisotopic (exact) mass is 551 g/mol. The quantitative estimate of drug-likeness (QED) is 0.529. The van der Waals surface area contributed by atoms with E-state index in [0.717, 1.165) is 53.2 Å². The van der Waals surface area contributed by atoms with Crippen molar-refractivity contribution in [1.29, 1.82) is 0 Å². The number of benzene rings is 2. The molecule has 8 nitrogen and oxygen atoms in total. The second kappa shape index (κ2) is 13.4. The van der Waals surface area contributed by atoms with Crippen LogP contribution in [0.2, 0.25) is 0 Å². The van der Waals surface area contributed by atoms with E-state index in [2.05, 4.69) is 41.5 Å². The first kappa shape index (κ1) is 29.7. The maximum atomic E-state index is 13.1. The minimum absolute atomic E-state index is 0.00483. The lowest BCUT2D eigenvalue weighted by Crippen LogP contribution is -2.41. The van der Waals surface area contributed by atoms with Crippen LogP contribution in [0.5, 0.6) is 17.2 Å². The van der Waals surface area contributed by atoms with Gasteiger partial charge in [-0.2, -0.15) is 0 Å². The molecule has 0 saturated carbocycles. The van der Waals surface area contributed by atoms with Crippen molar-refractivity contribution >= 4 is 11.8 Å². The number of amides is 2. The summed E-state index contributed by atoms with van der Waals surface area (Å²) in [6.45, 7) is 10.6. The first-order valence-corrected chi connectivity index (χ1v) is 14.6. The van der Waals surface area contributed by atoms with Crippen molar-refractivity contribution in [3.05, 3.63) is 53.1 Å². The first-order chi connectivity index (χ1) is 19.1. The summed E-state index contributed by atoms with van der Waals surface area (Å²) in [4.78, 5) is 27.8. The summed E-state index contributed by atoms with van der Waals surface area (Å²) in [7, 11) is 1.63. The van der Waals surface area contributed by atoms with Crippen molar-refractivity contribution < 1.29 is 23.8 Å². The van der Waals surface area contributed by atoms with Gasteiger partial charge in [-0.3, -0.25) is 14.5 Å². The highest BCUT2D eigenvalue weighted by Gasteiger charge is 2.34. The Bertz CT molecular complexity index is 1180. The van der Waals surface area contributed by atoms with E-state index in [9.17, 15) is 9.59 Å². The predicted octanol–water partition coefficient (Wildman–Crippen LogP) is 4.94. The molecule has 0 bridgehead atoms. The van der Waals surface area contributed by atoms with E-state index in [0.29, 0.717) is 45.5 Å². The third kappa shape index (κ3) is 8.13. The van der Waals surface area contributed by atoms with Gasteiger partial charge >= 0.3 is 0 Å². The fourth-order valence-electron chi connectivity index (χ4n) is 5.36. The van der Waals surface area contributed by atoms with Crippen LogP contribution in [0, 0.1) is 0 Å². The fraction of sp³-hybridized carbons (Fsp3) is 0.562. The number of methoxy groups -OCH3 is 1. The van der Waals surface area contributed by atoms with Gasteiger partial charge in [0.05, 0.1) is 26.3 Å². The minimum Gasteiger partial charge on any atom is -0.497 e. The van der Waals surface area contributed by atoms with Gasteiger partial charge in [-0.1, -0.05) is 12.1 Å². The van der Waals surface area contributed by atoms with Crippen LogP contribution >= 0.6 is 0 Å². The van der Waals surface area contributed by atoms with Crippen LogP contribution in [0.3, 0.4) is 0 Å². The molecule has 0 aliphatic carbocycles. The summed E-state index contributed by atoms with van der Waals surface area (Å²) in [5.41, 5.74) is 2.69. The van der Waals surface area contributed by atoms with Gasteiger partial charge in [0.15, 0.2) is 0 Å². The average molecular weight is 552 g/mol. The van der Waals surface area contributed by atoms with E-state index in [1.54, 1.807) is 7.11 Å². The van der Waals surface area contributed by atoms with E-state index in [4.69, 9.17) is 14.2 Å². The van der Waals surface area contributed by atoms with Crippen molar-refractivity contribution in [3.8, 4) is 17.2 Å². The minimum atomic E-state index is -0.402. The molecule has 2 aliphatic heterocycles. The Hall–Kier alpha value is -3.26. The number of nitrogens with one attached hydrogen (secondary N) is 2. The van der Waals surface area contributed by atoms with Crippen molar-refractivity contribution in [2.75, 3.05) is 26.8 Å². The Morgan fingerprint density at radius 3 is 2.73 bits per heavy atom. The summed E-state index contributed by atoms with van der Waals surface area (Å²) in [6.07, 6.45) is 4.59. The number of carbonyl (C=O) groups excluding carboxylic acids is 2. The summed E-state index contributed by atoms with van der Waals surface area (Å²) in [6, 6.07) is 12.0. The molecule has 40 heavy (non-hydrogen) atoms. The number of rotatable bonds is 6. The number of fused-ring (bicyclic) bond motifs is 2. The normalized spacial score (nSPS) is 19.9. The number of hydrogen-bond donors (Lipinski definition) is 2. The lowest BCUT2D eigenvalue weighted by molar-refractivity contribution is -0.123. The van der Waals surface area contributed by atoms with Gasteiger partial charge < -0.3 is 24.8 Å². The Morgan fingerprint density at radius 2 is 1.95 bits per heavy atom. The zero-order chi connectivity index (χ0) is 28.7. The second-order valence-electron chi connectivity index (χ2n) is 11.8. The number of hydrogen-bond acceptors (Lipinski definition) is 6. The van der Waals surface area contributed by atoms with Crippen LogP contribution in [0.15, 0.2) is 36.4 Å². The Balaban J connectivity index is 1.45. The molecule has 8 heteroatoms. The summed E-state index contributed by atoms with van der Waals surface area (Å²) < 4.78 is 17.7. The zero-order valence-electron chi connectivity index (χ0n) is 24.7. The zero-order valence-corrected chi connectivity index (χ0v) is 24.7. The molecular formula is C32H45N3O5. The van der Waals surface area contributed by atoms with Crippen LogP contribution in [-0.2, 0) is 22.6 Å². The maximum absolute atomic E-state index is 13.1. The van der Waals surface area contributed by atoms with E-state index in [1.807, 2.05) is 38.1 Å². The van der Waals surface area contributed by atoms with Gasteiger partial charge in [-0.05, 0) is 77.1 Å². The van der Waals surface area contributed by atoms with Gasteiger partial charge in [-0.25, -0.2) is 0 Å². The highest BCUT2D eigenvalue weighted by atomic mass is 16.5. The molecule has 2 amide bonds. The third-order valence-corrected chi connectivity index (χ3v) is 7.63. The van der Waals surface area contributed by atoms with Crippen molar-refractivity contribution in [3.63, 3.8) is 0 Å². The molecule has 0 saturated heterocycles. The molecule has 0 spiro atoms. The van der Waals surface area contributed by atoms with Crippen LogP contribution in [-0.4, -0.2) is 55.2 Å². The Labute approximate surface area is 238 Å². The van der Waals surface area contributed by atoms with Gasteiger partial charge in [0.25, 0.3) is 0 Å². The first-order valence-electron chi connectivity index (χ1n) is 14.6. The molecule has 4 rings (SSSR count). The SMILES string of the molecule is COc1ccc2c(c1)OC(C)(C)CC2NC(=O)CCc1ccc2c(c1)CN(C(C)C)CC(=O)NCCCCCO2. The maximum Gasteiger partial charge on any atom is 0.234 e. The molecule has 218 valence electrons. The molecule has 1 unspecified atom stereocenters. The molecule has 2 aromatic rings. The molecule has 2 aliphatic rings. The van der Waals surface area contributed by atoms with Gasteiger partial charge in [0, 0.05) is 49.2 Å². The van der Waals surface area contributed by atoms with Crippen molar-refractivity contribution in [2.24, 2.45) is 0 Å². The highest BCUT2D eigenvalue weighted by Crippen LogP contribution is 2.41. The molecular weight excluding hydrogens is 506 g/mol. The Kier molecular flexibility index (Phi) is 9.95. The number of nitrogens with zero attached hydrogens (tertiary/aromatic N) is 1.